The van der Waals surface area contributed by atoms with Crippen LogP contribution in [0.2, 0.25) is 0 Å². The van der Waals surface area contributed by atoms with Crippen LogP contribution in [-0.4, -0.2) is 58.1 Å². The molecular weight excluding hydrogens is 439 g/mol. The van der Waals surface area contributed by atoms with Gasteiger partial charge in [0.05, 0.1) is 0 Å². The van der Waals surface area contributed by atoms with Crippen molar-refractivity contribution in [2.75, 3.05) is 26.4 Å². The largest absolute Gasteiger partial charge is 0.396 e. The number of rotatable bonds is 4. The molecule has 5 N–H and O–H groups in total. The quantitative estimate of drug-likeness (QED) is 0.398. The fourth-order valence-corrected chi connectivity index (χ4v) is 0. The third kappa shape index (κ3) is 330. The van der Waals surface area contributed by atoms with Gasteiger partial charge in [0.15, 0.2) is 0 Å². The van der Waals surface area contributed by atoms with E-state index in [0.717, 1.165) is 25.7 Å². The van der Waals surface area contributed by atoms with E-state index in [0.29, 0.717) is 26.4 Å². The predicted molar refractivity (Wildman–Crippen MR) is 86.9 cm³/mol. The molecule has 0 aromatic heterocycles. The zero-order valence-corrected chi connectivity index (χ0v) is 18.6. The van der Waals surface area contributed by atoms with E-state index in [4.69, 9.17) is 25.5 Å². The first-order valence-electron chi connectivity index (χ1n) is 7.51. The standard InChI is InChI=1S/5C3H8O.Hf/c1-3(2)4;4*1-2-3-4;/h3-4H,1-2H3;4*4H,2-3H2,1H3;. The molecule has 21 heavy (non-hydrogen) atoms. The molecule has 0 aromatic carbocycles. The van der Waals surface area contributed by atoms with E-state index in [1.54, 1.807) is 13.8 Å². The first-order valence-corrected chi connectivity index (χ1v) is 7.51. The van der Waals surface area contributed by atoms with Crippen molar-refractivity contribution in [3.8, 4) is 0 Å². The summed E-state index contributed by atoms with van der Waals surface area (Å²) in [5.74, 6) is 0. The maximum absolute atomic E-state index is 8.06. The summed E-state index contributed by atoms with van der Waals surface area (Å²) in [4.78, 5) is 0. The van der Waals surface area contributed by atoms with Gasteiger partial charge < -0.3 is 25.5 Å². The topological polar surface area (TPSA) is 101 Å². The minimum absolute atomic E-state index is 0. The van der Waals surface area contributed by atoms with Crippen molar-refractivity contribution in [2.45, 2.75) is 73.3 Å². The molecule has 0 amide bonds. The summed E-state index contributed by atoms with van der Waals surface area (Å²) in [6.45, 7) is 12.4. The summed E-state index contributed by atoms with van der Waals surface area (Å²) < 4.78 is 0. The van der Waals surface area contributed by atoms with Gasteiger partial charge in [-0.3, -0.25) is 0 Å². The van der Waals surface area contributed by atoms with Gasteiger partial charge >= 0.3 is 0 Å². The Bertz CT molecular complexity index is 69.4. The van der Waals surface area contributed by atoms with Crippen LogP contribution in [0.3, 0.4) is 0 Å². The van der Waals surface area contributed by atoms with Crippen LogP contribution in [0, 0.1) is 0 Å². The molecule has 0 bridgehead atoms. The maximum Gasteiger partial charge on any atom is 0.0483 e. The molecule has 0 rings (SSSR count). The van der Waals surface area contributed by atoms with Crippen molar-refractivity contribution in [3.63, 3.8) is 0 Å². The van der Waals surface area contributed by atoms with E-state index >= 15 is 0 Å². The van der Waals surface area contributed by atoms with Gasteiger partial charge in [0.1, 0.15) is 0 Å². The summed E-state index contributed by atoms with van der Waals surface area (Å²) >= 11 is 0. The van der Waals surface area contributed by atoms with Crippen LogP contribution in [0.15, 0.2) is 0 Å². The molecule has 134 valence electrons. The molecule has 0 fully saturated rings. The summed E-state index contributed by atoms with van der Waals surface area (Å²) in [7, 11) is 0. The number of hydrogen-bond donors (Lipinski definition) is 5. The zero-order chi connectivity index (χ0) is 17.2. The van der Waals surface area contributed by atoms with Gasteiger partial charge in [0.2, 0.25) is 0 Å². The van der Waals surface area contributed by atoms with E-state index in [-0.39, 0.29) is 31.9 Å². The molecule has 0 aromatic rings. The zero-order valence-electron chi connectivity index (χ0n) is 15.0. The second kappa shape index (κ2) is 58.7. The molecule has 0 radical (unpaired) electrons. The van der Waals surface area contributed by atoms with Crippen LogP contribution in [-0.2, 0) is 25.8 Å². The van der Waals surface area contributed by atoms with Gasteiger partial charge in [-0.15, -0.1) is 0 Å². The van der Waals surface area contributed by atoms with Gasteiger partial charge in [0, 0.05) is 58.4 Å². The minimum Gasteiger partial charge on any atom is -0.396 e. The Morgan fingerprint density at radius 1 is 0.571 bits per heavy atom. The molecular formula is C15H40HfO5. The van der Waals surface area contributed by atoms with Crippen LogP contribution in [0.25, 0.3) is 0 Å². The number of aliphatic hydroxyl groups excluding tert-OH is 5. The van der Waals surface area contributed by atoms with Gasteiger partial charge in [-0.1, -0.05) is 27.7 Å². The third-order valence-electron chi connectivity index (χ3n) is 0.894. The number of hydrogen-bond acceptors (Lipinski definition) is 5. The molecule has 0 aliphatic heterocycles. The molecule has 0 saturated heterocycles. The van der Waals surface area contributed by atoms with Crippen LogP contribution >= 0.6 is 0 Å². The van der Waals surface area contributed by atoms with E-state index in [1.165, 1.54) is 0 Å². The van der Waals surface area contributed by atoms with Crippen molar-refractivity contribution in [1.29, 1.82) is 0 Å². The Labute approximate surface area is 151 Å². The molecule has 0 aliphatic rings. The SMILES string of the molecule is CC(C)O.CCCO.CCCO.CCCO.CCCO.[Hf]. The smallest absolute Gasteiger partial charge is 0.0483 e. The van der Waals surface area contributed by atoms with Crippen LogP contribution in [0.1, 0.15) is 67.2 Å². The van der Waals surface area contributed by atoms with Gasteiger partial charge in [-0.2, -0.15) is 0 Å². The average Bonchev–Trinajstić information content (AvgIpc) is 2.47. The molecule has 0 heterocycles. The molecule has 5 nitrogen and oxygen atoms in total. The van der Waals surface area contributed by atoms with E-state index in [1.807, 2.05) is 27.7 Å². The van der Waals surface area contributed by atoms with Gasteiger partial charge in [-0.05, 0) is 39.5 Å². The second-order valence-corrected chi connectivity index (χ2v) is 3.99. The molecule has 0 unspecified atom stereocenters. The first kappa shape index (κ1) is 37.7. The molecule has 0 saturated carbocycles. The Balaban J connectivity index is -0.0000000331. The molecule has 0 spiro atoms. The van der Waals surface area contributed by atoms with Gasteiger partial charge in [-0.25, -0.2) is 0 Å². The monoisotopic (exact) mass is 480 g/mol. The first-order chi connectivity index (χ1) is 9.39. The van der Waals surface area contributed by atoms with Crippen molar-refractivity contribution in [2.24, 2.45) is 0 Å². The van der Waals surface area contributed by atoms with Crippen LogP contribution in [0.5, 0.6) is 0 Å². The minimum atomic E-state index is -0.167. The summed E-state index contributed by atoms with van der Waals surface area (Å²) in [6, 6.07) is 0. The Kier molecular flexibility index (Phi) is 105. The fourth-order valence-electron chi connectivity index (χ4n) is 0. The van der Waals surface area contributed by atoms with Crippen molar-refractivity contribution in [3.05, 3.63) is 0 Å². The van der Waals surface area contributed by atoms with Crippen molar-refractivity contribution in [1.82, 2.24) is 0 Å². The van der Waals surface area contributed by atoms with Crippen molar-refractivity contribution < 1.29 is 51.4 Å². The van der Waals surface area contributed by atoms with Crippen LogP contribution < -0.4 is 0 Å². The van der Waals surface area contributed by atoms with Gasteiger partial charge in [0.25, 0.3) is 0 Å². The third-order valence-corrected chi connectivity index (χ3v) is 0.894. The predicted octanol–water partition coefficient (Wildman–Crippen LogP) is 1.94. The Hall–Kier alpha value is 0.670. The average molecular weight is 479 g/mol. The van der Waals surface area contributed by atoms with E-state index in [9.17, 15) is 0 Å². The molecule has 0 aliphatic carbocycles. The summed E-state index contributed by atoms with van der Waals surface area (Å²) in [5.41, 5.74) is 0. The van der Waals surface area contributed by atoms with Crippen molar-refractivity contribution >= 4 is 0 Å². The Morgan fingerprint density at radius 3 is 0.619 bits per heavy atom. The normalized spacial score (nSPS) is 7.43. The maximum atomic E-state index is 8.06. The van der Waals surface area contributed by atoms with E-state index in [2.05, 4.69) is 0 Å². The molecule has 6 heteroatoms. The fraction of sp³-hybridized carbons (Fsp3) is 1.00. The molecule has 0 atom stereocenters. The second-order valence-electron chi connectivity index (χ2n) is 3.99. The number of aliphatic hydroxyl groups is 5. The van der Waals surface area contributed by atoms with Crippen LogP contribution in [0.4, 0.5) is 0 Å². The summed E-state index contributed by atoms with van der Waals surface area (Å²) in [6.07, 6.45) is 3.33. The summed E-state index contributed by atoms with van der Waals surface area (Å²) in [5, 5.41) is 39.6. The van der Waals surface area contributed by atoms with E-state index < -0.39 is 0 Å². The Morgan fingerprint density at radius 2 is 0.619 bits per heavy atom.